The van der Waals surface area contributed by atoms with Gasteiger partial charge in [0, 0.05) is 19.3 Å². The lowest BCUT2D eigenvalue weighted by atomic mass is 10.0. The van der Waals surface area contributed by atoms with E-state index in [2.05, 4.69) is 101 Å². The largest absolute Gasteiger partial charge is 0.472 e. The molecular weight excluding hydrogens is 1310 g/mol. The van der Waals surface area contributed by atoms with Crippen LogP contribution in [-0.4, -0.2) is 96.7 Å². The van der Waals surface area contributed by atoms with Crippen molar-refractivity contribution in [3.63, 3.8) is 0 Å². The summed E-state index contributed by atoms with van der Waals surface area (Å²) in [5, 5.41) is 10.6. The first-order valence-electron chi connectivity index (χ1n) is 39.5. The number of aliphatic hydroxyl groups excluding tert-OH is 1. The zero-order valence-corrected chi connectivity index (χ0v) is 64.9. The molecular formula is C81H142O17P2. The summed E-state index contributed by atoms with van der Waals surface area (Å²) < 4.78 is 68.4. The van der Waals surface area contributed by atoms with Gasteiger partial charge in [-0.3, -0.25) is 37.3 Å². The van der Waals surface area contributed by atoms with Crippen molar-refractivity contribution in [2.75, 3.05) is 39.6 Å². The van der Waals surface area contributed by atoms with Crippen LogP contribution in [0.25, 0.3) is 0 Å². The maximum absolute atomic E-state index is 13.1. The van der Waals surface area contributed by atoms with E-state index in [-0.39, 0.29) is 25.7 Å². The molecule has 19 heteroatoms. The first-order valence-corrected chi connectivity index (χ1v) is 42.5. The van der Waals surface area contributed by atoms with Gasteiger partial charge in [0.1, 0.15) is 19.3 Å². The Morgan fingerprint density at radius 1 is 0.300 bits per heavy atom. The SMILES string of the molecule is CC/C=C\C/C=C\C/C=C\C/C=C\C/C=C\CC(=O)OCC(COP(=O)(O)OCC(O)COP(=O)(O)OCC(COC(=O)CCCCCCCC/C=C\C/C=C\C/C=C\CCCCC)OC(=O)CCCCCCCCCCCCCCC)OC(=O)CCCCCCCCCCCCCCC. The molecule has 0 saturated heterocycles. The molecule has 100 heavy (non-hydrogen) atoms. The fourth-order valence-corrected chi connectivity index (χ4v) is 12.2. The molecule has 3 N–H and O–H groups in total. The lowest BCUT2D eigenvalue weighted by Crippen LogP contribution is -2.30. The second-order valence-electron chi connectivity index (χ2n) is 26.3. The van der Waals surface area contributed by atoms with Gasteiger partial charge in [-0.1, -0.05) is 318 Å². The number of rotatable bonds is 74. The Morgan fingerprint density at radius 3 is 0.910 bits per heavy atom. The average Bonchev–Trinajstić information content (AvgIpc) is 0.936. The summed E-state index contributed by atoms with van der Waals surface area (Å²) in [6, 6.07) is 0. The quantitative estimate of drug-likeness (QED) is 0.0169. The molecule has 0 aliphatic rings. The molecule has 0 bridgehead atoms. The van der Waals surface area contributed by atoms with Crippen LogP contribution in [-0.2, 0) is 65.4 Å². The van der Waals surface area contributed by atoms with Gasteiger partial charge in [-0.15, -0.1) is 0 Å². The van der Waals surface area contributed by atoms with Crippen molar-refractivity contribution in [1.82, 2.24) is 0 Å². The topological polar surface area (TPSA) is 237 Å². The minimum Gasteiger partial charge on any atom is -0.462 e. The lowest BCUT2D eigenvalue weighted by Gasteiger charge is -2.21. The lowest BCUT2D eigenvalue weighted by molar-refractivity contribution is -0.161. The van der Waals surface area contributed by atoms with Crippen LogP contribution in [0.4, 0.5) is 0 Å². The summed E-state index contributed by atoms with van der Waals surface area (Å²) in [7, 11) is -9.97. The van der Waals surface area contributed by atoms with E-state index in [0.717, 1.165) is 135 Å². The Kier molecular flexibility index (Phi) is 70.4. The number of aliphatic hydroxyl groups is 1. The standard InChI is InChI=1S/C81H142O17P2/c1-5-9-13-17-21-25-29-33-35-36-37-38-40-44-46-50-54-58-62-66-79(84)92-72-77(98-81(86)68-64-60-56-52-48-42-32-28-24-20-16-12-8-4)74-96-100(89,90)94-70-75(82)69-93-99(87,88)95-73-76(97-80(85)67-63-59-55-51-47-41-31-27-23-19-15-11-7-3)71-91-78(83)65-61-57-53-49-45-43-39-34-30-26-22-18-14-10-6-2/h10,14,21-22,25-26,33-35,37-39,45,49,57,61,75-77,82H,5-9,11-13,15-20,23-24,27-32,36,40-44,46-48,50-56,58-60,62-74H2,1-4H3,(H,87,88)(H,89,90)/b14-10-,25-21-,26-22-,35-33-,38-37-,39-34-,49-45-,61-57-. The second-order valence-corrected chi connectivity index (χ2v) is 29.2. The number of hydrogen-bond acceptors (Lipinski definition) is 15. The highest BCUT2D eigenvalue weighted by atomic mass is 31.2. The highest BCUT2D eigenvalue weighted by Gasteiger charge is 2.30. The van der Waals surface area contributed by atoms with Crippen molar-refractivity contribution < 1.29 is 80.2 Å². The third-order valence-corrected chi connectivity index (χ3v) is 18.5. The van der Waals surface area contributed by atoms with Crippen molar-refractivity contribution in [3.05, 3.63) is 97.2 Å². The van der Waals surface area contributed by atoms with Crippen molar-refractivity contribution in [2.45, 2.75) is 354 Å². The fourth-order valence-electron chi connectivity index (χ4n) is 10.6. The van der Waals surface area contributed by atoms with Crippen LogP contribution < -0.4 is 0 Å². The van der Waals surface area contributed by atoms with Gasteiger partial charge in [-0.05, 0) is 89.9 Å². The third kappa shape index (κ3) is 72.3. The molecule has 0 aromatic carbocycles. The van der Waals surface area contributed by atoms with Gasteiger partial charge >= 0.3 is 39.5 Å². The van der Waals surface area contributed by atoms with E-state index in [9.17, 15) is 43.2 Å². The molecule has 5 atom stereocenters. The number of carbonyl (C=O) groups is 4. The predicted octanol–water partition coefficient (Wildman–Crippen LogP) is 22.8. The van der Waals surface area contributed by atoms with E-state index in [0.29, 0.717) is 25.7 Å². The van der Waals surface area contributed by atoms with E-state index >= 15 is 0 Å². The minimum absolute atomic E-state index is 0.0683. The van der Waals surface area contributed by atoms with Gasteiger partial charge in [0.05, 0.1) is 32.8 Å². The Bertz CT molecular complexity index is 2270. The molecule has 0 aliphatic heterocycles. The number of allylic oxidation sites excluding steroid dienone is 15. The number of carbonyl (C=O) groups excluding carboxylic acids is 4. The van der Waals surface area contributed by atoms with Crippen molar-refractivity contribution in [1.29, 1.82) is 0 Å². The number of phosphoric acid groups is 2. The summed E-state index contributed by atoms with van der Waals surface area (Å²) in [6.07, 6.45) is 77.0. The van der Waals surface area contributed by atoms with E-state index in [4.69, 9.17) is 37.0 Å². The summed E-state index contributed by atoms with van der Waals surface area (Å²) in [5.74, 6) is -2.31. The summed E-state index contributed by atoms with van der Waals surface area (Å²) in [6.45, 7) is 4.64. The van der Waals surface area contributed by atoms with Crippen molar-refractivity contribution >= 4 is 39.5 Å². The Morgan fingerprint density at radius 2 is 0.560 bits per heavy atom. The van der Waals surface area contributed by atoms with Crippen LogP contribution in [0.1, 0.15) is 336 Å². The van der Waals surface area contributed by atoms with Crippen LogP contribution in [0.15, 0.2) is 97.2 Å². The smallest absolute Gasteiger partial charge is 0.462 e. The normalized spacial score (nSPS) is 14.4. The number of ether oxygens (including phenoxy) is 4. The number of unbranched alkanes of at least 4 members (excludes halogenated alkanes) is 33. The summed E-state index contributed by atoms with van der Waals surface area (Å²) >= 11 is 0. The molecule has 0 fully saturated rings. The van der Waals surface area contributed by atoms with Crippen LogP contribution in [0, 0.1) is 0 Å². The molecule has 0 saturated carbocycles. The molecule has 0 aliphatic carbocycles. The van der Waals surface area contributed by atoms with Gasteiger partial charge in [0.25, 0.3) is 0 Å². The molecule has 578 valence electrons. The first kappa shape index (κ1) is 96.0. The van der Waals surface area contributed by atoms with Crippen LogP contribution in [0.2, 0.25) is 0 Å². The Labute approximate surface area is 607 Å². The average molecular weight is 1450 g/mol. The Balaban J connectivity index is 5.37. The second kappa shape index (κ2) is 73.3. The van der Waals surface area contributed by atoms with E-state index in [1.807, 2.05) is 18.2 Å². The predicted molar refractivity (Wildman–Crippen MR) is 409 cm³/mol. The highest BCUT2D eigenvalue weighted by molar-refractivity contribution is 7.47. The first-order chi connectivity index (χ1) is 48.7. The fraction of sp³-hybridized carbons (Fsp3) is 0.753. The highest BCUT2D eigenvalue weighted by Crippen LogP contribution is 2.45. The maximum Gasteiger partial charge on any atom is 0.472 e. The van der Waals surface area contributed by atoms with Gasteiger partial charge in [0.15, 0.2) is 12.2 Å². The monoisotopic (exact) mass is 1450 g/mol. The summed E-state index contributed by atoms with van der Waals surface area (Å²) in [4.78, 5) is 72.8. The van der Waals surface area contributed by atoms with Crippen LogP contribution in [0.5, 0.6) is 0 Å². The maximum atomic E-state index is 13.1. The van der Waals surface area contributed by atoms with Crippen molar-refractivity contribution in [3.8, 4) is 0 Å². The molecule has 0 heterocycles. The zero-order valence-electron chi connectivity index (χ0n) is 63.1. The molecule has 0 aromatic heterocycles. The zero-order chi connectivity index (χ0) is 73.2. The molecule has 0 aromatic rings. The molecule has 0 rings (SSSR count). The van der Waals surface area contributed by atoms with Gasteiger partial charge in [0.2, 0.25) is 0 Å². The van der Waals surface area contributed by atoms with Crippen molar-refractivity contribution in [2.24, 2.45) is 0 Å². The van der Waals surface area contributed by atoms with Crippen LogP contribution >= 0.6 is 15.6 Å². The van der Waals surface area contributed by atoms with Gasteiger partial charge in [-0.25, -0.2) is 9.13 Å². The number of esters is 4. The summed E-state index contributed by atoms with van der Waals surface area (Å²) in [5.41, 5.74) is 0. The third-order valence-electron chi connectivity index (χ3n) is 16.6. The molecule has 0 amide bonds. The number of phosphoric ester groups is 2. The van der Waals surface area contributed by atoms with E-state index < -0.39 is 97.5 Å². The number of hydrogen-bond donors (Lipinski definition) is 3. The van der Waals surface area contributed by atoms with Gasteiger partial charge < -0.3 is 33.8 Å². The van der Waals surface area contributed by atoms with Crippen LogP contribution in [0.3, 0.4) is 0 Å². The molecule has 17 nitrogen and oxygen atoms in total. The molecule has 0 radical (unpaired) electrons. The molecule has 0 spiro atoms. The Hall–Kier alpha value is -4.02. The minimum atomic E-state index is -4.99. The van der Waals surface area contributed by atoms with Gasteiger partial charge in [-0.2, -0.15) is 0 Å². The van der Waals surface area contributed by atoms with E-state index in [1.54, 1.807) is 6.08 Å². The van der Waals surface area contributed by atoms with E-state index in [1.165, 1.54) is 122 Å². The molecule has 5 unspecified atom stereocenters.